The van der Waals surface area contributed by atoms with Crippen LogP contribution in [0.5, 0.6) is 0 Å². The van der Waals surface area contributed by atoms with E-state index in [1.54, 1.807) is 11.3 Å². The lowest BCUT2D eigenvalue weighted by atomic mass is 10.1. The Labute approximate surface area is 170 Å². The molecule has 148 valence electrons. The van der Waals surface area contributed by atoms with Crippen LogP contribution < -0.4 is 0 Å². The zero-order valence-electron chi connectivity index (χ0n) is 16.7. The second kappa shape index (κ2) is 8.76. The molecular weight excluding hydrogens is 380 g/mol. The van der Waals surface area contributed by atoms with Crippen molar-refractivity contribution in [3.63, 3.8) is 0 Å². The summed E-state index contributed by atoms with van der Waals surface area (Å²) >= 11 is 7.65. The van der Waals surface area contributed by atoms with E-state index in [0.717, 1.165) is 60.6 Å². The highest BCUT2D eigenvalue weighted by atomic mass is 35.5. The number of nitrogens with zero attached hydrogens (tertiary/aromatic N) is 4. The van der Waals surface area contributed by atoms with Crippen LogP contribution >= 0.6 is 22.9 Å². The first-order valence-electron chi connectivity index (χ1n) is 9.60. The van der Waals surface area contributed by atoms with Gasteiger partial charge in [-0.1, -0.05) is 25.4 Å². The molecule has 1 amide bonds. The normalized spacial score (nSPS) is 15.7. The molecule has 0 aromatic carbocycles. The minimum Gasteiger partial charge on any atom is -0.340 e. The van der Waals surface area contributed by atoms with Gasteiger partial charge in [-0.3, -0.25) is 14.4 Å². The number of aryl methyl sites for hydroxylation is 1. The number of carbonyl (C=O) groups is 1. The summed E-state index contributed by atoms with van der Waals surface area (Å²) in [7, 11) is 0. The second-order valence-electron chi connectivity index (χ2n) is 7.76. The molecule has 1 aliphatic heterocycles. The molecule has 3 rings (SSSR count). The number of hydrogen-bond acceptors (Lipinski definition) is 4. The highest BCUT2D eigenvalue weighted by Crippen LogP contribution is 2.23. The Morgan fingerprint density at radius 3 is 2.52 bits per heavy atom. The molecule has 3 heterocycles. The van der Waals surface area contributed by atoms with Gasteiger partial charge < -0.3 is 4.90 Å². The molecule has 2 aromatic rings. The Bertz CT molecular complexity index is 790. The van der Waals surface area contributed by atoms with E-state index in [2.05, 4.69) is 36.8 Å². The van der Waals surface area contributed by atoms with Gasteiger partial charge >= 0.3 is 0 Å². The Morgan fingerprint density at radius 2 is 1.93 bits per heavy atom. The van der Waals surface area contributed by atoms with E-state index in [-0.39, 0.29) is 5.91 Å². The Hall–Kier alpha value is -1.37. The largest absolute Gasteiger partial charge is 0.340 e. The SMILES string of the molecule is Cc1nn(CC(C)C)c(C)c1CC(=O)N1CCN(Cc2ccc(Cl)s2)CC1. The lowest BCUT2D eigenvalue weighted by molar-refractivity contribution is -0.132. The van der Waals surface area contributed by atoms with Crippen molar-refractivity contribution < 1.29 is 4.79 Å². The number of piperazine rings is 1. The van der Waals surface area contributed by atoms with E-state index in [9.17, 15) is 4.79 Å². The van der Waals surface area contributed by atoms with Gasteiger partial charge in [0.05, 0.1) is 16.5 Å². The topological polar surface area (TPSA) is 41.4 Å². The molecule has 0 atom stereocenters. The molecule has 7 heteroatoms. The zero-order valence-corrected chi connectivity index (χ0v) is 18.2. The fourth-order valence-electron chi connectivity index (χ4n) is 3.59. The van der Waals surface area contributed by atoms with Crippen molar-refractivity contribution in [2.45, 2.75) is 47.2 Å². The van der Waals surface area contributed by atoms with E-state index >= 15 is 0 Å². The summed E-state index contributed by atoms with van der Waals surface area (Å²) in [5, 5.41) is 4.64. The highest BCUT2D eigenvalue weighted by molar-refractivity contribution is 7.16. The van der Waals surface area contributed by atoms with Crippen molar-refractivity contribution in [2.24, 2.45) is 5.92 Å². The third-order valence-electron chi connectivity index (χ3n) is 5.13. The van der Waals surface area contributed by atoms with Gasteiger partial charge in [-0.05, 0) is 31.9 Å². The van der Waals surface area contributed by atoms with E-state index in [4.69, 9.17) is 11.6 Å². The molecule has 0 saturated carbocycles. The first-order chi connectivity index (χ1) is 12.8. The summed E-state index contributed by atoms with van der Waals surface area (Å²) in [5.41, 5.74) is 3.20. The van der Waals surface area contributed by atoms with Gasteiger partial charge in [-0.15, -0.1) is 11.3 Å². The van der Waals surface area contributed by atoms with Crippen molar-refractivity contribution in [1.29, 1.82) is 0 Å². The Morgan fingerprint density at radius 1 is 1.22 bits per heavy atom. The van der Waals surface area contributed by atoms with Gasteiger partial charge in [0.2, 0.25) is 5.91 Å². The fraction of sp³-hybridized carbons (Fsp3) is 0.600. The van der Waals surface area contributed by atoms with Crippen LogP contribution in [-0.2, 0) is 24.3 Å². The van der Waals surface area contributed by atoms with Gasteiger partial charge in [-0.2, -0.15) is 5.10 Å². The number of halogens is 1. The van der Waals surface area contributed by atoms with Crippen molar-refractivity contribution >= 4 is 28.8 Å². The number of hydrogen-bond donors (Lipinski definition) is 0. The molecule has 1 fully saturated rings. The van der Waals surface area contributed by atoms with Crippen molar-refractivity contribution in [3.05, 3.63) is 38.3 Å². The Balaban J connectivity index is 1.54. The van der Waals surface area contributed by atoms with E-state index in [1.165, 1.54) is 4.88 Å². The minimum atomic E-state index is 0.212. The van der Waals surface area contributed by atoms with Gasteiger partial charge in [0.1, 0.15) is 0 Å². The molecule has 0 bridgehead atoms. The van der Waals surface area contributed by atoms with Crippen molar-refractivity contribution in [3.8, 4) is 0 Å². The quantitative estimate of drug-likeness (QED) is 0.730. The number of carbonyl (C=O) groups excluding carboxylic acids is 1. The van der Waals surface area contributed by atoms with Crippen LogP contribution in [0.3, 0.4) is 0 Å². The summed E-state index contributed by atoms with van der Waals surface area (Å²) in [6.45, 7) is 13.7. The molecule has 1 aliphatic rings. The molecule has 5 nitrogen and oxygen atoms in total. The highest BCUT2D eigenvalue weighted by Gasteiger charge is 2.24. The van der Waals surface area contributed by atoms with Crippen molar-refractivity contribution in [2.75, 3.05) is 26.2 Å². The molecule has 0 spiro atoms. The standard InChI is InChI=1S/C20H29ClN4OS/c1-14(2)12-25-16(4)18(15(3)22-25)11-20(26)24-9-7-23(8-10-24)13-17-5-6-19(21)27-17/h5-6,14H,7-13H2,1-4H3. The summed E-state index contributed by atoms with van der Waals surface area (Å²) in [6.07, 6.45) is 0.455. The number of amides is 1. The molecular formula is C20H29ClN4OS. The van der Waals surface area contributed by atoms with Crippen LogP contribution in [0.2, 0.25) is 4.34 Å². The summed E-state index contributed by atoms with van der Waals surface area (Å²) in [4.78, 5) is 18.5. The lowest BCUT2D eigenvalue weighted by Gasteiger charge is -2.34. The number of rotatable bonds is 6. The van der Waals surface area contributed by atoms with Crippen molar-refractivity contribution in [1.82, 2.24) is 19.6 Å². The molecule has 2 aromatic heterocycles. The van der Waals surface area contributed by atoms with Gasteiger partial charge in [0, 0.05) is 55.4 Å². The average molecular weight is 409 g/mol. The maximum atomic E-state index is 12.8. The van der Waals surface area contributed by atoms with Gasteiger partial charge in [-0.25, -0.2) is 0 Å². The molecule has 1 saturated heterocycles. The maximum Gasteiger partial charge on any atom is 0.227 e. The van der Waals surface area contributed by atoms with Gasteiger partial charge in [0.15, 0.2) is 0 Å². The van der Waals surface area contributed by atoms with Gasteiger partial charge in [0.25, 0.3) is 0 Å². The predicted octanol–water partition coefficient (Wildman–Crippen LogP) is 3.76. The summed E-state index contributed by atoms with van der Waals surface area (Å²) in [5.74, 6) is 0.752. The van der Waals surface area contributed by atoms with E-state index in [0.29, 0.717) is 12.3 Å². The number of thiophene rings is 1. The number of aromatic nitrogens is 2. The molecule has 0 radical (unpaired) electrons. The summed E-state index contributed by atoms with van der Waals surface area (Å²) < 4.78 is 2.88. The third kappa shape index (κ3) is 5.12. The smallest absolute Gasteiger partial charge is 0.227 e. The van der Waals surface area contributed by atoms with Crippen LogP contribution in [0, 0.1) is 19.8 Å². The lowest BCUT2D eigenvalue weighted by Crippen LogP contribution is -2.48. The monoisotopic (exact) mass is 408 g/mol. The second-order valence-corrected chi connectivity index (χ2v) is 9.56. The fourth-order valence-corrected chi connectivity index (χ4v) is 4.72. The Kier molecular flexibility index (Phi) is 6.61. The first-order valence-corrected chi connectivity index (χ1v) is 10.8. The average Bonchev–Trinajstić information content (AvgIpc) is 3.13. The summed E-state index contributed by atoms with van der Waals surface area (Å²) in [6, 6.07) is 4.04. The predicted molar refractivity (Wildman–Crippen MR) is 111 cm³/mol. The first kappa shape index (κ1) is 20.4. The molecule has 0 N–H and O–H groups in total. The molecule has 0 aliphatic carbocycles. The van der Waals surface area contributed by atoms with Crippen LogP contribution in [0.4, 0.5) is 0 Å². The molecule has 27 heavy (non-hydrogen) atoms. The van der Waals surface area contributed by atoms with Crippen LogP contribution in [-0.4, -0.2) is 51.7 Å². The third-order valence-corrected chi connectivity index (χ3v) is 6.35. The minimum absolute atomic E-state index is 0.212. The zero-order chi connectivity index (χ0) is 19.6. The maximum absolute atomic E-state index is 12.8. The van der Waals surface area contributed by atoms with Crippen LogP contribution in [0.15, 0.2) is 12.1 Å². The van der Waals surface area contributed by atoms with E-state index < -0.39 is 0 Å². The van der Waals surface area contributed by atoms with Crippen LogP contribution in [0.25, 0.3) is 0 Å². The molecule has 0 unspecified atom stereocenters. The van der Waals surface area contributed by atoms with Crippen LogP contribution in [0.1, 0.15) is 35.7 Å². The van der Waals surface area contributed by atoms with E-state index in [1.807, 2.05) is 22.6 Å².